The molecule has 0 aliphatic carbocycles. The van der Waals surface area contributed by atoms with Crippen molar-refractivity contribution in [3.8, 4) is 5.75 Å². The van der Waals surface area contributed by atoms with Gasteiger partial charge in [0.2, 0.25) is 0 Å². The maximum atomic E-state index is 11.8. The van der Waals surface area contributed by atoms with Crippen molar-refractivity contribution in [1.29, 1.82) is 0 Å². The molecule has 0 unspecified atom stereocenters. The minimum absolute atomic E-state index is 0.0879. The number of nitrogens with two attached hydrogens (primary N) is 1. The molecule has 0 aromatic carbocycles. The first kappa shape index (κ1) is 14.0. The summed E-state index contributed by atoms with van der Waals surface area (Å²) in [5.41, 5.74) is 5.81. The van der Waals surface area contributed by atoms with Gasteiger partial charge in [-0.2, -0.15) is 0 Å². The third-order valence-electron chi connectivity index (χ3n) is 3.04. The van der Waals surface area contributed by atoms with E-state index in [1.165, 1.54) is 11.3 Å². The van der Waals surface area contributed by atoms with Crippen molar-refractivity contribution in [3.63, 3.8) is 0 Å². The van der Waals surface area contributed by atoms with Crippen LogP contribution in [0.5, 0.6) is 5.75 Å². The summed E-state index contributed by atoms with van der Waals surface area (Å²) < 4.78 is 5.04. The first-order valence-corrected chi connectivity index (χ1v) is 6.62. The Labute approximate surface area is 106 Å². The van der Waals surface area contributed by atoms with Gasteiger partial charge in [-0.3, -0.25) is 4.79 Å². The van der Waals surface area contributed by atoms with Gasteiger partial charge in [-0.05, 0) is 12.8 Å². The highest BCUT2D eigenvalue weighted by Crippen LogP contribution is 2.21. The maximum absolute atomic E-state index is 11.8. The summed E-state index contributed by atoms with van der Waals surface area (Å²) >= 11 is 1.37. The summed E-state index contributed by atoms with van der Waals surface area (Å²) in [5, 5.41) is 4.68. The molecule has 5 heteroatoms. The van der Waals surface area contributed by atoms with Crippen molar-refractivity contribution in [3.05, 3.63) is 16.3 Å². The summed E-state index contributed by atoms with van der Waals surface area (Å²) in [4.78, 5) is 12.5. The smallest absolute Gasteiger partial charge is 0.261 e. The molecule has 0 fully saturated rings. The molecule has 3 N–H and O–H groups in total. The van der Waals surface area contributed by atoms with Gasteiger partial charge in [-0.15, -0.1) is 11.3 Å². The molecule has 1 aromatic rings. The van der Waals surface area contributed by atoms with Crippen molar-refractivity contribution in [2.45, 2.75) is 32.2 Å². The molecule has 17 heavy (non-hydrogen) atoms. The molecular weight excluding hydrogens is 236 g/mol. The number of hydrogen-bond acceptors (Lipinski definition) is 4. The SMILES string of the molecule is CCC(N)(CC)CNC(=O)c1cc(OC)cs1. The number of methoxy groups -OCH3 is 1. The third kappa shape index (κ3) is 3.71. The van der Waals surface area contributed by atoms with Crippen LogP contribution in [-0.4, -0.2) is 25.1 Å². The van der Waals surface area contributed by atoms with E-state index in [1.807, 2.05) is 19.2 Å². The first-order chi connectivity index (χ1) is 8.04. The van der Waals surface area contributed by atoms with Crippen LogP contribution in [0.15, 0.2) is 11.4 Å². The molecular formula is C12H20N2O2S. The second kappa shape index (κ2) is 6.02. The Bertz CT molecular complexity index is 372. The minimum atomic E-state index is -0.309. The predicted molar refractivity (Wildman–Crippen MR) is 70.7 cm³/mol. The largest absolute Gasteiger partial charge is 0.496 e. The molecule has 1 heterocycles. The van der Waals surface area contributed by atoms with Crippen molar-refractivity contribution in [2.24, 2.45) is 5.73 Å². The number of nitrogens with one attached hydrogen (secondary N) is 1. The summed E-state index contributed by atoms with van der Waals surface area (Å²) in [6, 6.07) is 1.73. The molecule has 0 radical (unpaired) electrons. The van der Waals surface area contributed by atoms with E-state index in [1.54, 1.807) is 13.2 Å². The average Bonchev–Trinajstić information content (AvgIpc) is 2.84. The Kier molecular flexibility index (Phi) is 4.96. The molecule has 0 spiro atoms. The van der Waals surface area contributed by atoms with E-state index in [2.05, 4.69) is 5.32 Å². The molecule has 1 aromatic heterocycles. The monoisotopic (exact) mass is 256 g/mol. The number of hydrogen-bond donors (Lipinski definition) is 2. The van der Waals surface area contributed by atoms with Crippen molar-refractivity contribution < 1.29 is 9.53 Å². The van der Waals surface area contributed by atoms with E-state index >= 15 is 0 Å². The van der Waals surface area contributed by atoms with Crippen molar-refractivity contribution in [2.75, 3.05) is 13.7 Å². The van der Waals surface area contributed by atoms with Crippen LogP contribution in [0.3, 0.4) is 0 Å². The molecule has 0 aliphatic rings. The van der Waals surface area contributed by atoms with Crippen LogP contribution >= 0.6 is 11.3 Å². The number of thiophene rings is 1. The molecule has 1 amide bonds. The molecule has 96 valence electrons. The lowest BCUT2D eigenvalue weighted by molar-refractivity contribution is 0.0946. The molecule has 0 bridgehead atoms. The van der Waals surface area contributed by atoms with Crippen LogP contribution in [0.2, 0.25) is 0 Å². The lowest BCUT2D eigenvalue weighted by atomic mass is 9.94. The Balaban J connectivity index is 2.55. The molecule has 0 saturated heterocycles. The molecule has 4 nitrogen and oxygen atoms in total. The van der Waals surface area contributed by atoms with E-state index in [-0.39, 0.29) is 11.4 Å². The zero-order chi connectivity index (χ0) is 12.9. The lowest BCUT2D eigenvalue weighted by Gasteiger charge is -2.26. The number of ether oxygens (including phenoxy) is 1. The Morgan fingerprint density at radius 1 is 1.53 bits per heavy atom. The molecule has 0 atom stereocenters. The van der Waals surface area contributed by atoms with E-state index in [9.17, 15) is 4.79 Å². The summed E-state index contributed by atoms with van der Waals surface area (Å²) in [6.45, 7) is 4.56. The highest BCUT2D eigenvalue weighted by molar-refractivity contribution is 7.12. The number of rotatable bonds is 6. The van der Waals surface area contributed by atoms with Gasteiger partial charge in [0.05, 0.1) is 12.0 Å². The van der Waals surface area contributed by atoms with Crippen LogP contribution in [0.25, 0.3) is 0 Å². The highest BCUT2D eigenvalue weighted by atomic mass is 32.1. The Morgan fingerprint density at radius 3 is 2.65 bits per heavy atom. The summed E-state index contributed by atoms with van der Waals surface area (Å²) in [6.07, 6.45) is 1.69. The van der Waals surface area contributed by atoms with E-state index < -0.39 is 0 Å². The zero-order valence-electron chi connectivity index (χ0n) is 10.6. The Morgan fingerprint density at radius 2 is 2.18 bits per heavy atom. The van der Waals surface area contributed by atoms with Gasteiger partial charge in [-0.1, -0.05) is 13.8 Å². The fourth-order valence-corrected chi connectivity index (χ4v) is 2.16. The Hall–Kier alpha value is -1.07. The van der Waals surface area contributed by atoms with Gasteiger partial charge in [0.15, 0.2) is 0 Å². The first-order valence-electron chi connectivity index (χ1n) is 5.74. The number of carbonyl (C=O) groups excluding carboxylic acids is 1. The van der Waals surface area contributed by atoms with E-state index in [0.717, 1.165) is 12.8 Å². The number of amides is 1. The second-order valence-electron chi connectivity index (χ2n) is 4.10. The van der Waals surface area contributed by atoms with E-state index in [0.29, 0.717) is 17.2 Å². The topological polar surface area (TPSA) is 64.3 Å². The van der Waals surface area contributed by atoms with Crippen molar-refractivity contribution in [1.82, 2.24) is 5.32 Å². The molecule has 0 saturated carbocycles. The molecule has 0 aliphatic heterocycles. The summed E-state index contributed by atoms with van der Waals surface area (Å²) in [7, 11) is 1.59. The zero-order valence-corrected chi connectivity index (χ0v) is 11.4. The van der Waals surface area contributed by atoms with Crippen LogP contribution in [0.1, 0.15) is 36.4 Å². The fourth-order valence-electron chi connectivity index (χ4n) is 1.39. The second-order valence-corrected chi connectivity index (χ2v) is 5.01. The normalized spacial score (nSPS) is 11.3. The lowest BCUT2D eigenvalue weighted by Crippen LogP contribution is -2.49. The van der Waals surface area contributed by atoms with Gasteiger partial charge in [0.25, 0.3) is 5.91 Å². The van der Waals surface area contributed by atoms with Crippen LogP contribution in [-0.2, 0) is 0 Å². The number of carbonyl (C=O) groups is 1. The van der Waals surface area contributed by atoms with Crippen LogP contribution in [0.4, 0.5) is 0 Å². The van der Waals surface area contributed by atoms with Gasteiger partial charge in [-0.25, -0.2) is 0 Å². The maximum Gasteiger partial charge on any atom is 0.261 e. The van der Waals surface area contributed by atoms with E-state index in [4.69, 9.17) is 10.5 Å². The van der Waals surface area contributed by atoms with Crippen molar-refractivity contribution >= 4 is 17.2 Å². The van der Waals surface area contributed by atoms with Gasteiger partial charge < -0.3 is 15.8 Å². The molecule has 1 rings (SSSR count). The quantitative estimate of drug-likeness (QED) is 0.818. The van der Waals surface area contributed by atoms with Crippen LogP contribution < -0.4 is 15.8 Å². The van der Waals surface area contributed by atoms with Gasteiger partial charge >= 0.3 is 0 Å². The summed E-state index contributed by atoms with van der Waals surface area (Å²) in [5.74, 6) is 0.625. The van der Waals surface area contributed by atoms with Gasteiger partial charge in [0, 0.05) is 23.5 Å². The minimum Gasteiger partial charge on any atom is -0.496 e. The van der Waals surface area contributed by atoms with Crippen LogP contribution in [0, 0.1) is 0 Å². The fraction of sp³-hybridized carbons (Fsp3) is 0.583. The predicted octanol–water partition coefficient (Wildman–Crippen LogP) is 2.00. The standard InChI is InChI=1S/C12H20N2O2S/c1-4-12(13,5-2)8-14-11(15)10-6-9(16-3)7-17-10/h6-7H,4-5,8,13H2,1-3H3,(H,14,15). The highest BCUT2D eigenvalue weighted by Gasteiger charge is 2.21. The third-order valence-corrected chi connectivity index (χ3v) is 3.95. The van der Waals surface area contributed by atoms with Gasteiger partial charge in [0.1, 0.15) is 5.75 Å². The average molecular weight is 256 g/mol.